The molecule has 1 unspecified atom stereocenters. The summed E-state index contributed by atoms with van der Waals surface area (Å²) in [6, 6.07) is 29.4. The zero-order valence-corrected chi connectivity index (χ0v) is 18.5. The van der Waals surface area contributed by atoms with Gasteiger partial charge in [0.2, 0.25) is 0 Å². The highest BCUT2D eigenvalue weighted by molar-refractivity contribution is 5.75. The van der Waals surface area contributed by atoms with Gasteiger partial charge >= 0.3 is 0 Å². The molecule has 1 aromatic heterocycles. The molecule has 0 amide bonds. The van der Waals surface area contributed by atoms with Crippen LogP contribution in [0.4, 0.5) is 0 Å². The first-order chi connectivity index (χ1) is 15.7. The number of allylic oxidation sites excluding steroid dienone is 4. The van der Waals surface area contributed by atoms with E-state index in [4.69, 9.17) is 0 Å². The fourth-order valence-corrected chi connectivity index (χ4v) is 4.22. The maximum atomic E-state index is 4.64. The molecule has 5 rings (SSSR count). The van der Waals surface area contributed by atoms with Crippen LogP contribution in [-0.2, 0) is 0 Å². The van der Waals surface area contributed by atoms with Crippen LogP contribution in [0.5, 0.6) is 0 Å². The molecule has 0 N–H and O–H groups in total. The molecular weight excluding hydrogens is 390 g/mol. The van der Waals surface area contributed by atoms with Gasteiger partial charge < -0.3 is 0 Å². The maximum Gasteiger partial charge on any atom is 0.168 e. The van der Waals surface area contributed by atoms with Crippen molar-refractivity contribution in [2.24, 2.45) is 11.8 Å². The molecule has 3 aromatic carbocycles. The van der Waals surface area contributed by atoms with Crippen LogP contribution < -0.4 is 0 Å². The normalized spacial score (nSPS) is 15.7. The molecule has 0 saturated carbocycles. The zero-order chi connectivity index (χ0) is 21.9. The van der Waals surface area contributed by atoms with Gasteiger partial charge in [-0.25, -0.2) is 0 Å². The Morgan fingerprint density at radius 3 is 1.94 bits per heavy atom. The van der Waals surface area contributed by atoms with Gasteiger partial charge in [-0.1, -0.05) is 105 Å². The molecule has 3 nitrogen and oxygen atoms in total. The highest BCUT2D eigenvalue weighted by atomic mass is 15.3. The van der Waals surface area contributed by atoms with Gasteiger partial charge in [-0.2, -0.15) is 0 Å². The fourth-order valence-electron chi connectivity index (χ4n) is 4.22. The van der Waals surface area contributed by atoms with Gasteiger partial charge in [-0.3, -0.25) is 4.57 Å². The summed E-state index contributed by atoms with van der Waals surface area (Å²) in [7, 11) is 0. The topological polar surface area (TPSA) is 30.7 Å². The van der Waals surface area contributed by atoms with E-state index in [1.165, 1.54) is 11.1 Å². The molecular formula is C29H27N3. The summed E-state index contributed by atoms with van der Waals surface area (Å²) < 4.78 is 2.17. The molecule has 3 heteroatoms. The van der Waals surface area contributed by atoms with Crippen molar-refractivity contribution < 1.29 is 0 Å². The molecule has 0 fully saturated rings. The first kappa shape index (κ1) is 20.2. The quantitative estimate of drug-likeness (QED) is 0.343. The molecule has 1 aliphatic rings. The molecule has 0 bridgehead atoms. The Kier molecular flexibility index (Phi) is 5.55. The summed E-state index contributed by atoms with van der Waals surface area (Å²) >= 11 is 0. The van der Waals surface area contributed by atoms with Crippen LogP contribution in [0.3, 0.4) is 0 Å². The number of hydrogen-bond acceptors (Lipinski definition) is 2. The summed E-state index contributed by atoms with van der Waals surface area (Å²) in [5.41, 5.74) is 5.65. The molecule has 1 atom stereocenters. The number of para-hydroxylation sites is 1. The van der Waals surface area contributed by atoms with Gasteiger partial charge in [-0.15, -0.1) is 10.2 Å². The van der Waals surface area contributed by atoms with E-state index < -0.39 is 0 Å². The minimum atomic E-state index is 0.580. The van der Waals surface area contributed by atoms with E-state index in [1.54, 1.807) is 0 Å². The Balaban J connectivity index is 1.56. The summed E-state index contributed by atoms with van der Waals surface area (Å²) in [5.74, 6) is 2.95. The molecule has 4 aromatic rings. The predicted octanol–water partition coefficient (Wildman–Crippen LogP) is 7.22. The van der Waals surface area contributed by atoms with Crippen LogP contribution in [0.15, 0.2) is 103 Å². The van der Waals surface area contributed by atoms with Crippen molar-refractivity contribution >= 4 is 5.57 Å². The number of rotatable bonds is 5. The number of benzene rings is 3. The smallest absolute Gasteiger partial charge is 0.168 e. The van der Waals surface area contributed by atoms with Crippen LogP contribution in [0.1, 0.15) is 26.1 Å². The Morgan fingerprint density at radius 1 is 0.719 bits per heavy atom. The van der Waals surface area contributed by atoms with E-state index in [0.29, 0.717) is 11.8 Å². The van der Waals surface area contributed by atoms with E-state index in [0.717, 1.165) is 34.9 Å². The minimum absolute atomic E-state index is 0.580. The number of nitrogens with zero attached hydrogens (tertiary/aromatic N) is 3. The molecule has 0 radical (unpaired) electrons. The molecule has 158 valence electrons. The van der Waals surface area contributed by atoms with Gasteiger partial charge in [0, 0.05) is 16.8 Å². The van der Waals surface area contributed by atoms with Gasteiger partial charge in [-0.05, 0) is 41.5 Å². The lowest BCUT2D eigenvalue weighted by Gasteiger charge is -2.20. The third-order valence-corrected chi connectivity index (χ3v) is 6.18. The molecule has 0 spiro atoms. The van der Waals surface area contributed by atoms with E-state index in [1.807, 2.05) is 12.1 Å². The average Bonchev–Trinajstić information content (AvgIpc) is 3.30. The lowest BCUT2D eigenvalue weighted by molar-refractivity contribution is 0.468. The zero-order valence-electron chi connectivity index (χ0n) is 18.5. The monoisotopic (exact) mass is 417 g/mol. The number of aromatic nitrogens is 3. The Bertz CT molecular complexity index is 1250. The summed E-state index contributed by atoms with van der Waals surface area (Å²) in [6.07, 6.45) is 7.86. The first-order valence-corrected chi connectivity index (χ1v) is 11.3. The summed E-state index contributed by atoms with van der Waals surface area (Å²) in [4.78, 5) is 0. The van der Waals surface area contributed by atoms with E-state index >= 15 is 0 Å². The van der Waals surface area contributed by atoms with Gasteiger partial charge in [0.1, 0.15) is 0 Å². The van der Waals surface area contributed by atoms with Crippen molar-refractivity contribution in [3.05, 3.63) is 109 Å². The predicted molar refractivity (Wildman–Crippen MR) is 132 cm³/mol. The average molecular weight is 418 g/mol. The van der Waals surface area contributed by atoms with E-state index in [2.05, 4.69) is 120 Å². The lowest BCUT2D eigenvalue weighted by Crippen LogP contribution is -2.09. The lowest BCUT2D eigenvalue weighted by atomic mass is 9.87. The van der Waals surface area contributed by atoms with E-state index in [-0.39, 0.29) is 0 Å². The SMILES string of the molecule is CC(C)C1C=CC(c2nnc(-c3ccc(-c4ccccc4)cc3)n2-c2ccccc2)=CC1. The first-order valence-electron chi connectivity index (χ1n) is 11.3. The van der Waals surface area contributed by atoms with Crippen molar-refractivity contribution in [3.63, 3.8) is 0 Å². The second kappa shape index (κ2) is 8.80. The van der Waals surface area contributed by atoms with E-state index in [9.17, 15) is 0 Å². The minimum Gasteiger partial charge on any atom is -0.275 e. The summed E-state index contributed by atoms with van der Waals surface area (Å²) in [5, 5.41) is 9.27. The third-order valence-electron chi connectivity index (χ3n) is 6.18. The summed E-state index contributed by atoms with van der Waals surface area (Å²) in [6.45, 7) is 4.55. The van der Waals surface area contributed by atoms with Gasteiger partial charge in [0.25, 0.3) is 0 Å². The molecule has 1 heterocycles. The highest BCUT2D eigenvalue weighted by Crippen LogP contribution is 2.32. The van der Waals surface area contributed by atoms with Crippen LogP contribution in [0.2, 0.25) is 0 Å². The third kappa shape index (κ3) is 3.94. The van der Waals surface area contributed by atoms with Crippen LogP contribution in [0, 0.1) is 11.8 Å². The maximum absolute atomic E-state index is 4.64. The molecule has 0 saturated heterocycles. The van der Waals surface area contributed by atoms with Crippen LogP contribution >= 0.6 is 0 Å². The molecule has 1 aliphatic carbocycles. The second-order valence-corrected chi connectivity index (χ2v) is 8.62. The highest BCUT2D eigenvalue weighted by Gasteiger charge is 2.20. The van der Waals surface area contributed by atoms with Crippen molar-refractivity contribution in [2.75, 3.05) is 0 Å². The van der Waals surface area contributed by atoms with Gasteiger partial charge in [0.05, 0.1) is 0 Å². The standard InChI is InChI=1S/C29H27N3/c1-21(2)22-13-17-25(18-14-22)28-30-31-29(32(28)27-11-7-4-8-12-27)26-19-15-24(16-20-26)23-9-5-3-6-10-23/h3-13,15-22H,14H2,1-2H3. The molecule has 0 aliphatic heterocycles. The van der Waals surface area contributed by atoms with Gasteiger partial charge in [0.15, 0.2) is 11.6 Å². The Morgan fingerprint density at radius 2 is 1.31 bits per heavy atom. The Hall–Kier alpha value is -3.72. The fraction of sp³-hybridized carbons (Fsp3) is 0.172. The van der Waals surface area contributed by atoms with Crippen molar-refractivity contribution in [1.82, 2.24) is 14.8 Å². The largest absolute Gasteiger partial charge is 0.275 e. The number of hydrogen-bond donors (Lipinski definition) is 0. The second-order valence-electron chi connectivity index (χ2n) is 8.62. The van der Waals surface area contributed by atoms with Crippen LogP contribution in [-0.4, -0.2) is 14.8 Å². The van der Waals surface area contributed by atoms with Crippen LogP contribution in [0.25, 0.3) is 33.8 Å². The van der Waals surface area contributed by atoms with Crippen molar-refractivity contribution in [3.8, 4) is 28.2 Å². The van der Waals surface area contributed by atoms with Crippen molar-refractivity contribution in [1.29, 1.82) is 0 Å². The van der Waals surface area contributed by atoms with Crippen molar-refractivity contribution in [2.45, 2.75) is 20.3 Å². The molecule has 32 heavy (non-hydrogen) atoms. The Labute approximate surface area is 189 Å².